The Bertz CT molecular complexity index is 1720. The molecule has 2 aliphatic heterocycles. The highest BCUT2D eigenvalue weighted by molar-refractivity contribution is 9.12. The lowest BCUT2D eigenvalue weighted by Gasteiger charge is -2.27. The molecule has 296 valence electrons. The van der Waals surface area contributed by atoms with Gasteiger partial charge < -0.3 is 49.7 Å². The van der Waals surface area contributed by atoms with Crippen molar-refractivity contribution >= 4 is 113 Å². The fourth-order valence-corrected chi connectivity index (χ4v) is 9.82. The minimum atomic E-state index is -1.62. The Balaban J connectivity index is 1.14. The van der Waals surface area contributed by atoms with Gasteiger partial charge >= 0.3 is 11.8 Å². The van der Waals surface area contributed by atoms with Gasteiger partial charge in [-0.05, 0) is 154 Å². The highest BCUT2D eigenvalue weighted by Gasteiger charge is 2.54. The maximum absolute atomic E-state index is 12.8. The number of urea groups is 1. The summed E-state index contributed by atoms with van der Waals surface area (Å²) in [5, 5.41) is 23.6. The van der Waals surface area contributed by atoms with Crippen LogP contribution in [0.1, 0.15) is 30.4 Å². The molecule has 0 bridgehead atoms. The minimum absolute atomic E-state index is 0.0495. The average molecular weight is 1140 g/mol. The average Bonchev–Trinajstić information content (AvgIpc) is 3.38. The zero-order valence-corrected chi connectivity index (χ0v) is 39.2. The molecule has 19 heteroatoms. The molecule has 2 aliphatic rings. The number of amides is 3. The van der Waals surface area contributed by atoms with Gasteiger partial charge in [0.1, 0.15) is 23.5 Å². The zero-order chi connectivity index (χ0) is 39.4. The van der Waals surface area contributed by atoms with Crippen molar-refractivity contribution in [3.63, 3.8) is 0 Å². The molecule has 0 fully saturated rings. The van der Waals surface area contributed by atoms with Gasteiger partial charge in [-0.25, -0.2) is 4.79 Å². The number of ether oxygens (including phenoxy) is 4. The number of aliphatic hydroxyl groups excluding tert-OH is 1. The van der Waals surface area contributed by atoms with Crippen molar-refractivity contribution in [2.75, 3.05) is 60.6 Å². The lowest BCUT2D eigenvalue weighted by Crippen LogP contribution is -2.49. The van der Waals surface area contributed by atoms with Gasteiger partial charge in [0.2, 0.25) is 0 Å². The lowest BCUT2D eigenvalue weighted by molar-refractivity contribution is -0.225. The summed E-state index contributed by atoms with van der Waals surface area (Å²) in [5.41, 5.74) is 2.00. The molecule has 0 saturated carbocycles. The number of methoxy groups -OCH3 is 1. The number of halogens is 6. The van der Waals surface area contributed by atoms with Crippen molar-refractivity contribution in [2.24, 2.45) is 5.16 Å². The van der Waals surface area contributed by atoms with Crippen LogP contribution < -0.4 is 25.4 Å². The molecular weight excluding hydrogens is 1100 g/mol. The fraction of sp³-hybridized carbons (Fsp3) is 0.457. The number of allylic oxidation sites excluding steroid dienone is 1. The molecule has 2 heterocycles. The van der Waals surface area contributed by atoms with Gasteiger partial charge in [-0.3, -0.25) is 4.79 Å². The number of oxime groups is 1. The molecule has 0 saturated heterocycles. The summed E-state index contributed by atoms with van der Waals surface area (Å²) in [6.45, 7) is 2.90. The normalized spacial score (nSPS) is 17.9. The van der Waals surface area contributed by atoms with E-state index in [2.05, 4.69) is 129 Å². The van der Waals surface area contributed by atoms with Crippen LogP contribution in [0.15, 0.2) is 68.3 Å². The van der Waals surface area contributed by atoms with Crippen molar-refractivity contribution in [1.82, 2.24) is 20.9 Å². The molecule has 13 nitrogen and oxygen atoms in total. The highest BCUT2D eigenvalue weighted by atomic mass is 79.9. The minimum Gasteiger partial charge on any atom is -0.495 e. The lowest BCUT2D eigenvalue weighted by atomic mass is 10.0. The van der Waals surface area contributed by atoms with E-state index in [0.29, 0.717) is 66.0 Å². The van der Waals surface area contributed by atoms with Crippen molar-refractivity contribution in [3.05, 3.63) is 74.3 Å². The van der Waals surface area contributed by atoms with E-state index in [1.807, 2.05) is 19.2 Å². The number of benzene rings is 2. The topological polar surface area (TPSA) is 152 Å². The first-order valence-corrected chi connectivity index (χ1v) is 21.6. The van der Waals surface area contributed by atoms with Crippen LogP contribution >= 0.6 is 95.6 Å². The second kappa shape index (κ2) is 21.6. The third kappa shape index (κ3) is 12.1. The van der Waals surface area contributed by atoms with Gasteiger partial charge in [-0.2, -0.15) is 0 Å². The summed E-state index contributed by atoms with van der Waals surface area (Å²) in [6.07, 6.45) is 2.60. The first-order chi connectivity index (χ1) is 25.8. The van der Waals surface area contributed by atoms with Crippen LogP contribution in [0.5, 0.6) is 11.5 Å². The van der Waals surface area contributed by atoms with Crippen LogP contribution in [-0.2, 0) is 31.9 Å². The first kappa shape index (κ1) is 44.8. The van der Waals surface area contributed by atoms with Crippen molar-refractivity contribution in [1.29, 1.82) is 0 Å². The van der Waals surface area contributed by atoms with E-state index in [0.717, 1.165) is 42.2 Å². The van der Waals surface area contributed by atoms with Crippen LogP contribution in [0.25, 0.3) is 0 Å². The molecule has 2 aromatic rings. The maximum atomic E-state index is 12.8. The summed E-state index contributed by atoms with van der Waals surface area (Å²) < 4.78 is 27.3. The van der Waals surface area contributed by atoms with Gasteiger partial charge in [-0.15, -0.1) is 0 Å². The van der Waals surface area contributed by atoms with Gasteiger partial charge in [-0.1, -0.05) is 21.1 Å². The molecule has 0 aromatic heterocycles. The molecule has 0 radical (unpaired) electrons. The molecular formula is C35H41Br6N5O8. The van der Waals surface area contributed by atoms with E-state index in [-0.39, 0.29) is 24.7 Å². The van der Waals surface area contributed by atoms with E-state index in [1.54, 1.807) is 11.9 Å². The number of likely N-dealkylation sites (N-methyl/N-ethyl adjacent to an activating group) is 2. The van der Waals surface area contributed by atoms with E-state index in [9.17, 15) is 14.7 Å². The number of rotatable bonds is 18. The van der Waals surface area contributed by atoms with Crippen molar-refractivity contribution in [2.45, 2.75) is 44.0 Å². The SMILES string of the molecule is CNCCc1cc(Br)c(OCCCNC(=O)N(C)CCc2cc(Br)c(OCCCNC(=O)C3=NOC4(CC(Br)=C(OC)C(Br)=CO4)C3O)c(Br)c2)c(Br)c1. The number of hydrogen-bond donors (Lipinski definition) is 4. The maximum Gasteiger partial charge on any atom is 0.317 e. The molecule has 2 atom stereocenters. The van der Waals surface area contributed by atoms with Crippen LogP contribution in [0.4, 0.5) is 4.79 Å². The molecule has 2 unspecified atom stereocenters. The molecule has 3 amide bonds. The van der Waals surface area contributed by atoms with Gasteiger partial charge in [0, 0.05) is 31.2 Å². The number of nitrogens with zero attached hydrogens (tertiary/aromatic N) is 2. The fourth-order valence-electron chi connectivity index (χ4n) is 5.27. The van der Waals surface area contributed by atoms with Gasteiger partial charge in [0.25, 0.3) is 5.91 Å². The van der Waals surface area contributed by atoms with E-state index < -0.39 is 17.8 Å². The van der Waals surface area contributed by atoms with Crippen LogP contribution in [-0.4, -0.2) is 100 Å². The molecule has 0 aliphatic carbocycles. The van der Waals surface area contributed by atoms with E-state index in [1.165, 1.54) is 18.9 Å². The Labute approximate surface area is 365 Å². The molecule has 4 N–H and O–H groups in total. The summed E-state index contributed by atoms with van der Waals surface area (Å²) in [4.78, 5) is 32.6. The molecule has 54 heavy (non-hydrogen) atoms. The summed E-state index contributed by atoms with van der Waals surface area (Å²) in [6, 6.07) is 7.87. The second-order valence-corrected chi connectivity index (χ2v) is 17.4. The number of hydrogen-bond acceptors (Lipinski definition) is 10. The predicted octanol–water partition coefficient (Wildman–Crippen LogP) is 7.39. The Hall–Kier alpha value is -1.87. The van der Waals surface area contributed by atoms with E-state index >= 15 is 0 Å². The molecule has 4 rings (SSSR count). The third-order valence-corrected chi connectivity index (χ3v) is 11.7. The Kier molecular flexibility index (Phi) is 17.9. The summed E-state index contributed by atoms with van der Waals surface area (Å²) in [5.74, 6) is -0.367. The molecule has 1 spiro atoms. The Morgan fingerprint density at radius 2 is 1.46 bits per heavy atom. The third-order valence-electron chi connectivity index (χ3n) is 8.20. The first-order valence-electron chi connectivity index (χ1n) is 16.8. The van der Waals surface area contributed by atoms with Gasteiger partial charge in [0.05, 0.1) is 49.1 Å². The quantitative estimate of drug-likeness (QED) is 0.112. The van der Waals surface area contributed by atoms with Crippen molar-refractivity contribution in [3.8, 4) is 11.5 Å². The monoisotopic (exact) mass is 1130 g/mol. The van der Waals surface area contributed by atoms with Gasteiger partial charge in [0.15, 0.2) is 11.8 Å². The smallest absolute Gasteiger partial charge is 0.317 e. The zero-order valence-electron chi connectivity index (χ0n) is 29.7. The van der Waals surface area contributed by atoms with Crippen LogP contribution in [0, 0.1) is 0 Å². The Morgan fingerprint density at radius 3 is 2.02 bits per heavy atom. The largest absolute Gasteiger partial charge is 0.495 e. The standard InChI is InChI=1S/C35H41Br6N5O8/c1-42-10-6-20-14-22(36)30(23(37)15-20)52-13-5-9-44-34(49)46(2)11-7-21-16-24(38)31(25(39)17-21)51-12-4-8-43-33(48)28-32(47)35(54-45-28)18-26(40)29(50-3)27(41)19-53-35/h14-17,19,32,42,47H,4-13,18H2,1-3H3,(H,43,48)(H,44,49). The number of carbonyl (C=O) groups excluding carboxylic acids is 2. The van der Waals surface area contributed by atoms with Crippen molar-refractivity contribution < 1.29 is 38.5 Å². The van der Waals surface area contributed by atoms with Crippen LogP contribution in [0.2, 0.25) is 0 Å². The summed E-state index contributed by atoms with van der Waals surface area (Å²) >= 11 is 21.2. The Morgan fingerprint density at radius 1 is 0.907 bits per heavy atom. The number of nitrogens with one attached hydrogen (secondary N) is 3. The second-order valence-electron chi connectivity index (χ2n) is 12.2. The molecule has 2 aromatic carbocycles. The predicted molar refractivity (Wildman–Crippen MR) is 227 cm³/mol. The highest BCUT2D eigenvalue weighted by Crippen LogP contribution is 2.41. The number of carbonyl (C=O) groups is 2. The van der Waals surface area contributed by atoms with Crippen LogP contribution in [0.3, 0.4) is 0 Å². The number of aliphatic hydroxyl groups is 1. The summed E-state index contributed by atoms with van der Waals surface area (Å²) in [7, 11) is 5.19. The van der Waals surface area contributed by atoms with E-state index in [4.69, 9.17) is 23.8 Å².